The zero-order chi connectivity index (χ0) is 11.9. The second kappa shape index (κ2) is 3.71. The Labute approximate surface area is 98.2 Å². The molecule has 1 aromatic heterocycles. The summed E-state index contributed by atoms with van der Waals surface area (Å²) in [7, 11) is 0. The molecule has 2 heterocycles. The fourth-order valence-electron chi connectivity index (χ4n) is 1.72. The summed E-state index contributed by atoms with van der Waals surface area (Å²) in [5, 5.41) is 9.30. The predicted octanol–water partition coefficient (Wildman–Crippen LogP) is 2.28. The Morgan fingerprint density at radius 3 is 2.94 bits per heavy atom. The molecule has 4 nitrogen and oxygen atoms in total. The Morgan fingerprint density at radius 1 is 1.62 bits per heavy atom. The molecule has 0 fully saturated rings. The summed E-state index contributed by atoms with van der Waals surface area (Å²) < 4.78 is 5.60. The summed E-state index contributed by atoms with van der Waals surface area (Å²) in [6, 6.07) is 1.37. The molecular weight excluding hydrogens is 230 g/mol. The molecule has 0 radical (unpaired) electrons. The van der Waals surface area contributed by atoms with Crippen LogP contribution in [0.15, 0.2) is 6.07 Å². The maximum Gasteiger partial charge on any atom is 0.354 e. The number of halogens is 1. The lowest BCUT2D eigenvalue weighted by Crippen LogP contribution is -2.33. The predicted molar refractivity (Wildman–Crippen MR) is 58.8 cm³/mol. The van der Waals surface area contributed by atoms with Gasteiger partial charge in [0, 0.05) is 12.0 Å². The summed E-state index contributed by atoms with van der Waals surface area (Å²) >= 11 is 6.00. The van der Waals surface area contributed by atoms with Gasteiger partial charge in [-0.1, -0.05) is 11.6 Å². The van der Waals surface area contributed by atoms with E-state index in [2.05, 4.69) is 4.98 Å². The van der Waals surface area contributed by atoms with Crippen molar-refractivity contribution in [3.8, 4) is 0 Å². The highest BCUT2D eigenvalue weighted by Crippen LogP contribution is 2.31. The quantitative estimate of drug-likeness (QED) is 0.820. The minimum atomic E-state index is -1.06. The first-order valence-electron chi connectivity index (χ1n) is 4.94. The molecule has 0 aromatic carbocycles. The van der Waals surface area contributed by atoms with Gasteiger partial charge in [0.1, 0.15) is 5.69 Å². The highest BCUT2D eigenvalue weighted by Gasteiger charge is 2.29. The van der Waals surface area contributed by atoms with Crippen LogP contribution in [0.2, 0.25) is 5.02 Å². The molecule has 1 aliphatic rings. The standard InChI is InChI=1S/C11H12ClNO3/c1-11(2)4-9-6(5-16-11)7(12)3-8(13-9)10(14)15/h3H,4-5H2,1-2H3,(H,14,15). The monoisotopic (exact) mass is 241 g/mol. The lowest BCUT2D eigenvalue weighted by molar-refractivity contribution is -0.0413. The molecule has 0 saturated carbocycles. The zero-order valence-electron chi connectivity index (χ0n) is 9.08. The van der Waals surface area contributed by atoms with Gasteiger partial charge in [0.05, 0.1) is 22.9 Å². The summed E-state index contributed by atoms with van der Waals surface area (Å²) in [4.78, 5) is 15.0. The SMILES string of the molecule is CC1(C)Cc2nc(C(=O)O)cc(Cl)c2CO1. The van der Waals surface area contributed by atoms with Crippen LogP contribution in [0, 0.1) is 0 Å². The van der Waals surface area contributed by atoms with Crippen molar-refractivity contribution in [2.75, 3.05) is 0 Å². The van der Waals surface area contributed by atoms with Crippen molar-refractivity contribution >= 4 is 17.6 Å². The van der Waals surface area contributed by atoms with E-state index in [1.54, 1.807) is 0 Å². The molecule has 5 heteroatoms. The van der Waals surface area contributed by atoms with E-state index < -0.39 is 5.97 Å². The van der Waals surface area contributed by atoms with E-state index in [9.17, 15) is 4.79 Å². The number of carboxylic acid groups (broad SMARTS) is 1. The van der Waals surface area contributed by atoms with E-state index in [4.69, 9.17) is 21.4 Å². The maximum atomic E-state index is 10.8. The average molecular weight is 242 g/mol. The number of hydrogen-bond acceptors (Lipinski definition) is 3. The molecule has 1 aromatic rings. The summed E-state index contributed by atoms with van der Waals surface area (Å²) in [5.41, 5.74) is 1.19. The Morgan fingerprint density at radius 2 is 2.31 bits per heavy atom. The van der Waals surface area contributed by atoms with Gasteiger partial charge in [-0.15, -0.1) is 0 Å². The van der Waals surface area contributed by atoms with Gasteiger partial charge in [-0.25, -0.2) is 9.78 Å². The molecule has 1 N–H and O–H groups in total. The van der Waals surface area contributed by atoms with Gasteiger partial charge in [0.25, 0.3) is 0 Å². The zero-order valence-corrected chi connectivity index (χ0v) is 9.84. The lowest BCUT2D eigenvalue weighted by Gasteiger charge is -2.31. The number of fused-ring (bicyclic) bond motifs is 1. The van der Waals surface area contributed by atoms with Crippen LogP contribution in [-0.2, 0) is 17.8 Å². The first kappa shape index (κ1) is 11.4. The Balaban J connectivity index is 2.49. The number of nitrogens with zero attached hydrogens (tertiary/aromatic N) is 1. The Bertz CT molecular complexity index is 457. The molecule has 1 aliphatic heterocycles. The molecule has 16 heavy (non-hydrogen) atoms. The first-order valence-corrected chi connectivity index (χ1v) is 5.32. The molecule has 2 rings (SSSR count). The highest BCUT2D eigenvalue weighted by atomic mass is 35.5. The van der Waals surface area contributed by atoms with Crippen LogP contribution in [0.25, 0.3) is 0 Å². The smallest absolute Gasteiger partial charge is 0.354 e. The number of rotatable bonds is 1. The molecule has 0 atom stereocenters. The topological polar surface area (TPSA) is 59.4 Å². The minimum Gasteiger partial charge on any atom is -0.477 e. The van der Waals surface area contributed by atoms with Gasteiger partial charge in [-0.2, -0.15) is 0 Å². The van der Waals surface area contributed by atoms with Crippen LogP contribution in [0.5, 0.6) is 0 Å². The van der Waals surface area contributed by atoms with Gasteiger partial charge in [0.15, 0.2) is 0 Å². The number of pyridine rings is 1. The molecular formula is C11H12ClNO3. The largest absolute Gasteiger partial charge is 0.477 e. The van der Waals surface area contributed by atoms with E-state index in [1.165, 1.54) is 6.07 Å². The number of ether oxygens (including phenoxy) is 1. The van der Waals surface area contributed by atoms with Crippen molar-refractivity contribution in [3.05, 3.63) is 28.0 Å². The van der Waals surface area contributed by atoms with Crippen LogP contribution >= 0.6 is 11.6 Å². The average Bonchev–Trinajstić information content (AvgIpc) is 2.14. The Hall–Kier alpha value is -1.13. The van der Waals surface area contributed by atoms with E-state index in [0.29, 0.717) is 18.1 Å². The van der Waals surface area contributed by atoms with Crippen molar-refractivity contribution in [2.24, 2.45) is 0 Å². The third-order valence-electron chi connectivity index (χ3n) is 2.58. The summed E-state index contributed by atoms with van der Waals surface area (Å²) in [5.74, 6) is -1.06. The fraction of sp³-hybridized carbons (Fsp3) is 0.455. The molecule has 0 unspecified atom stereocenters. The third-order valence-corrected chi connectivity index (χ3v) is 2.91. The molecule has 0 amide bonds. The van der Waals surface area contributed by atoms with Crippen molar-refractivity contribution in [1.29, 1.82) is 0 Å². The van der Waals surface area contributed by atoms with Crippen LogP contribution in [0.4, 0.5) is 0 Å². The minimum absolute atomic E-state index is 0.0125. The number of carboxylic acids is 1. The van der Waals surface area contributed by atoms with E-state index in [0.717, 1.165) is 11.3 Å². The van der Waals surface area contributed by atoms with Crippen molar-refractivity contribution in [3.63, 3.8) is 0 Å². The van der Waals surface area contributed by atoms with Crippen molar-refractivity contribution in [1.82, 2.24) is 4.98 Å². The second-order valence-electron chi connectivity index (χ2n) is 4.44. The van der Waals surface area contributed by atoms with E-state index >= 15 is 0 Å². The number of aromatic nitrogens is 1. The van der Waals surface area contributed by atoms with E-state index in [1.807, 2.05) is 13.8 Å². The molecule has 86 valence electrons. The van der Waals surface area contributed by atoms with E-state index in [-0.39, 0.29) is 11.3 Å². The number of carbonyl (C=O) groups is 1. The van der Waals surface area contributed by atoms with Crippen molar-refractivity contribution in [2.45, 2.75) is 32.5 Å². The third kappa shape index (κ3) is 2.03. The highest BCUT2D eigenvalue weighted by molar-refractivity contribution is 6.31. The Kier molecular flexibility index (Phi) is 2.64. The first-order chi connectivity index (χ1) is 7.39. The van der Waals surface area contributed by atoms with Gasteiger partial charge in [0.2, 0.25) is 0 Å². The molecule has 0 bridgehead atoms. The normalized spacial score (nSPS) is 17.9. The van der Waals surface area contributed by atoms with Crippen LogP contribution in [-0.4, -0.2) is 21.7 Å². The molecule has 0 saturated heterocycles. The second-order valence-corrected chi connectivity index (χ2v) is 4.85. The fourth-order valence-corrected chi connectivity index (χ4v) is 1.99. The van der Waals surface area contributed by atoms with Crippen LogP contribution in [0.3, 0.4) is 0 Å². The van der Waals surface area contributed by atoms with Gasteiger partial charge in [-0.05, 0) is 19.9 Å². The van der Waals surface area contributed by atoms with Gasteiger partial charge >= 0.3 is 5.97 Å². The molecule has 0 spiro atoms. The summed E-state index contributed by atoms with van der Waals surface area (Å²) in [6.45, 7) is 4.27. The number of hydrogen-bond donors (Lipinski definition) is 1. The van der Waals surface area contributed by atoms with Crippen LogP contribution in [0.1, 0.15) is 35.6 Å². The van der Waals surface area contributed by atoms with Crippen LogP contribution < -0.4 is 0 Å². The summed E-state index contributed by atoms with van der Waals surface area (Å²) in [6.07, 6.45) is 0.573. The number of aromatic carboxylic acids is 1. The van der Waals surface area contributed by atoms with Gasteiger partial charge in [-0.3, -0.25) is 0 Å². The van der Waals surface area contributed by atoms with Gasteiger partial charge < -0.3 is 9.84 Å². The molecule has 0 aliphatic carbocycles. The maximum absolute atomic E-state index is 10.8. The lowest BCUT2D eigenvalue weighted by atomic mass is 9.95. The van der Waals surface area contributed by atoms with Crippen molar-refractivity contribution < 1.29 is 14.6 Å².